The van der Waals surface area contributed by atoms with Gasteiger partial charge >= 0.3 is 0 Å². The lowest BCUT2D eigenvalue weighted by Gasteiger charge is -2.22. The van der Waals surface area contributed by atoms with Crippen molar-refractivity contribution in [2.75, 3.05) is 13.1 Å². The normalized spacial score (nSPS) is 25.6. The Morgan fingerprint density at radius 3 is 2.81 bits per heavy atom. The van der Waals surface area contributed by atoms with Gasteiger partial charge in [-0.05, 0) is 17.9 Å². The van der Waals surface area contributed by atoms with E-state index in [1.807, 2.05) is 23.1 Å². The summed E-state index contributed by atoms with van der Waals surface area (Å²) < 4.78 is 0.705. The largest absolute Gasteiger partial charge is 0.293 e. The average Bonchev–Trinajstić information content (AvgIpc) is 3.25. The molecule has 0 saturated carbocycles. The zero-order chi connectivity index (χ0) is 19.2. The predicted molar refractivity (Wildman–Crippen MR) is 117 cm³/mol. The quantitative estimate of drug-likeness (QED) is 0.497. The van der Waals surface area contributed by atoms with Crippen LogP contribution in [0.1, 0.15) is 51.1 Å². The molecule has 3 atom stereocenters. The summed E-state index contributed by atoms with van der Waals surface area (Å²) in [5, 5.41) is 0. The van der Waals surface area contributed by atoms with Crippen LogP contribution in [0.4, 0.5) is 0 Å². The number of carbonyl (C=O) groups is 1. The number of thioether (sulfide) groups is 1. The molecule has 0 aliphatic carbocycles. The van der Waals surface area contributed by atoms with Gasteiger partial charge in [-0.3, -0.25) is 15.1 Å². The van der Waals surface area contributed by atoms with Gasteiger partial charge in [0.05, 0.1) is 10.9 Å². The van der Waals surface area contributed by atoms with Gasteiger partial charge in [0.2, 0.25) is 0 Å². The van der Waals surface area contributed by atoms with Crippen LogP contribution in [0.25, 0.3) is 0 Å². The zero-order valence-electron chi connectivity index (χ0n) is 16.1. The molecule has 2 heterocycles. The highest BCUT2D eigenvalue weighted by molar-refractivity contribution is 8.26. The summed E-state index contributed by atoms with van der Waals surface area (Å²) in [4.78, 5) is 15.6. The summed E-state index contributed by atoms with van der Waals surface area (Å²) in [5.74, 6) is 0.834. The lowest BCUT2D eigenvalue weighted by atomic mass is 9.94. The van der Waals surface area contributed by atoms with E-state index in [9.17, 15) is 4.79 Å². The fourth-order valence-corrected chi connectivity index (χ4v) is 5.02. The Kier molecular flexibility index (Phi) is 7.47. The number of hydrogen-bond donors (Lipinski definition) is 2. The molecule has 2 N–H and O–H groups in total. The molecule has 2 aliphatic rings. The van der Waals surface area contributed by atoms with Crippen LogP contribution in [-0.2, 0) is 4.79 Å². The van der Waals surface area contributed by atoms with Crippen molar-refractivity contribution >= 4 is 34.2 Å². The number of amides is 1. The van der Waals surface area contributed by atoms with E-state index < -0.39 is 0 Å². The van der Waals surface area contributed by atoms with E-state index in [-0.39, 0.29) is 17.9 Å². The fourth-order valence-electron chi connectivity index (χ4n) is 3.70. The standard InChI is InChI=1S/C21H29N3OS2/c1-3-5-9-15(4-2)14-24-20(25)18(27-21(24)26)12-17-13-22-23-19(17)16-10-7-6-8-11-16/h6-8,10-12,15,17,19,22-23H,3-5,9,13-14H2,1-2H3/b18-12-. The van der Waals surface area contributed by atoms with Crippen molar-refractivity contribution in [3.05, 3.63) is 46.9 Å². The number of benzene rings is 1. The molecule has 1 amide bonds. The molecule has 0 aromatic heterocycles. The maximum absolute atomic E-state index is 13.0. The molecule has 4 nitrogen and oxygen atoms in total. The first kappa shape index (κ1) is 20.5. The molecule has 27 heavy (non-hydrogen) atoms. The van der Waals surface area contributed by atoms with Crippen molar-refractivity contribution in [1.29, 1.82) is 0 Å². The van der Waals surface area contributed by atoms with Gasteiger partial charge in [-0.2, -0.15) is 0 Å². The summed E-state index contributed by atoms with van der Waals surface area (Å²) >= 11 is 6.99. The smallest absolute Gasteiger partial charge is 0.265 e. The van der Waals surface area contributed by atoms with Crippen molar-refractivity contribution in [3.63, 3.8) is 0 Å². The molecule has 3 rings (SSSR count). The molecule has 0 radical (unpaired) electrons. The highest BCUT2D eigenvalue weighted by atomic mass is 32.2. The molecule has 1 aromatic carbocycles. The summed E-state index contributed by atoms with van der Waals surface area (Å²) in [5.41, 5.74) is 7.80. The zero-order valence-corrected chi connectivity index (χ0v) is 17.7. The molecule has 0 spiro atoms. The monoisotopic (exact) mass is 403 g/mol. The lowest BCUT2D eigenvalue weighted by Crippen LogP contribution is -2.33. The van der Waals surface area contributed by atoms with E-state index in [0.29, 0.717) is 10.2 Å². The van der Waals surface area contributed by atoms with Gasteiger partial charge < -0.3 is 0 Å². The molecule has 2 saturated heterocycles. The van der Waals surface area contributed by atoms with Gasteiger partial charge in [-0.1, -0.05) is 93.5 Å². The summed E-state index contributed by atoms with van der Waals surface area (Å²) in [6.45, 7) is 5.97. The number of rotatable bonds is 8. The number of unbranched alkanes of at least 4 members (excludes halogenated alkanes) is 1. The van der Waals surface area contributed by atoms with Crippen molar-refractivity contribution < 1.29 is 4.79 Å². The topological polar surface area (TPSA) is 44.4 Å². The average molecular weight is 404 g/mol. The minimum Gasteiger partial charge on any atom is -0.293 e. The first-order chi connectivity index (χ1) is 13.1. The van der Waals surface area contributed by atoms with E-state index in [0.717, 1.165) is 30.8 Å². The van der Waals surface area contributed by atoms with E-state index in [4.69, 9.17) is 12.2 Å². The van der Waals surface area contributed by atoms with E-state index in [1.54, 1.807) is 0 Å². The third-order valence-corrected chi connectivity index (χ3v) is 6.80. The van der Waals surface area contributed by atoms with Crippen LogP contribution >= 0.6 is 24.0 Å². The lowest BCUT2D eigenvalue weighted by molar-refractivity contribution is -0.122. The fraction of sp³-hybridized carbons (Fsp3) is 0.524. The summed E-state index contributed by atoms with van der Waals surface area (Å²) in [6.07, 6.45) is 6.76. The molecule has 1 aromatic rings. The Morgan fingerprint density at radius 1 is 1.33 bits per heavy atom. The SMILES string of the molecule is CCCCC(CC)CN1C(=O)/C(=C/C2CNNC2c2ccccc2)SC1=S. The first-order valence-corrected chi connectivity index (χ1v) is 11.1. The number of hydrogen-bond acceptors (Lipinski definition) is 5. The van der Waals surface area contributed by atoms with E-state index in [1.165, 1.54) is 30.2 Å². The van der Waals surface area contributed by atoms with Crippen LogP contribution in [0.5, 0.6) is 0 Å². The van der Waals surface area contributed by atoms with E-state index in [2.05, 4.69) is 42.9 Å². The van der Waals surface area contributed by atoms with Crippen LogP contribution in [0.3, 0.4) is 0 Å². The second-order valence-electron chi connectivity index (χ2n) is 7.31. The van der Waals surface area contributed by atoms with Crippen molar-refractivity contribution in [2.45, 2.75) is 45.6 Å². The van der Waals surface area contributed by atoms with Gasteiger partial charge in [0.15, 0.2) is 0 Å². The van der Waals surface area contributed by atoms with Gasteiger partial charge in [-0.15, -0.1) is 0 Å². The van der Waals surface area contributed by atoms with Crippen LogP contribution in [-0.4, -0.2) is 28.2 Å². The number of carbonyl (C=O) groups excluding carboxylic acids is 1. The maximum Gasteiger partial charge on any atom is 0.265 e. The van der Waals surface area contributed by atoms with Gasteiger partial charge in [0.1, 0.15) is 4.32 Å². The molecule has 6 heteroatoms. The van der Waals surface area contributed by atoms with Crippen LogP contribution < -0.4 is 10.9 Å². The molecule has 2 aliphatic heterocycles. The second kappa shape index (κ2) is 9.82. The summed E-state index contributed by atoms with van der Waals surface area (Å²) in [6, 6.07) is 10.5. The minimum absolute atomic E-state index is 0.0821. The third kappa shape index (κ3) is 4.99. The maximum atomic E-state index is 13.0. The highest BCUT2D eigenvalue weighted by Gasteiger charge is 2.35. The molecular weight excluding hydrogens is 374 g/mol. The Labute approximate surface area is 172 Å². The number of thiocarbonyl (C=S) groups is 1. The van der Waals surface area contributed by atoms with Gasteiger partial charge in [0, 0.05) is 19.0 Å². The van der Waals surface area contributed by atoms with Gasteiger partial charge in [-0.25, -0.2) is 5.43 Å². The Morgan fingerprint density at radius 2 is 2.11 bits per heavy atom. The second-order valence-corrected chi connectivity index (χ2v) is 8.98. The van der Waals surface area contributed by atoms with Crippen molar-refractivity contribution in [1.82, 2.24) is 15.8 Å². The predicted octanol–water partition coefficient (Wildman–Crippen LogP) is 4.41. The molecular formula is C21H29N3OS2. The number of hydrazine groups is 1. The first-order valence-electron chi connectivity index (χ1n) is 9.92. The Balaban J connectivity index is 1.70. The third-order valence-electron chi connectivity index (χ3n) is 5.41. The number of nitrogens with zero attached hydrogens (tertiary/aromatic N) is 1. The molecule has 0 bridgehead atoms. The van der Waals surface area contributed by atoms with Crippen LogP contribution in [0.2, 0.25) is 0 Å². The number of nitrogens with one attached hydrogen (secondary N) is 2. The summed E-state index contributed by atoms with van der Waals surface area (Å²) in [7, 11) is 0. The van der Waals surface area contributed by atoms with Gasteiger partial charge in [0.25, 0.3) is 5.91 Å². The van der Waals surface area contributed by atoms with Crippen LogP contribution in [0, 0.1) is 11.8 Å². The van der Waals surface area contributed by atoms with E-state index >= 15 is 0 Å². The van der Waals surface area contributed by atoms with Crippen LogP contribution in [0.15, 0.2) is 41.3 Å². The molecule has 3 unspecified atom stereocenters. The Hall–Kier alpha value is -1.21. The highest BCUT2D eigenvalue weighted by Crippen LogP contribution is 2.36. The molecule has 2 fully saturated rings. The molecule has 146 valence electrons. The minimum atomic E-state index is 0.0821. The Bertz CT molecular complexity index is 692. The van der Waals surface area contributed by atoms with Crippen molar-refractivity contribution in [2.24, 2.45) is 11.8 Å². The van der Waals surface area contributed by atoms with Crippen molar-refractivity contribution in [3.8, 4) is 0 Å².